The molecule has 0 unspecified atom stereocenters. The molecule has 1 aliphatic rings. The molecule has 0 saturated heterocycles. The van der Waals surface area contributed by atoms with E-state index >= 15 is 0 Å². The molecule has 0 aliphatic heterocycles. The van der Waals surface area contributed by atoms with Crippen molar-refractivity contribution in [3.8, 4) is 11.5 Å². The van der Waals surface area contributed by atoms with Crippen LogP contribution < -0.4 is 15.2 Å². The van der Waals surface area contributed by atoms with Gasteiger partial charge in [0.1, 0.15) is 11.5 Å². The second-order valence-electron chi connectivity index (χ2n) is 3.73. The van der Waals surface area contributed by atoms with Gasteiger partial charge in [-0.15, -0.1) is 0 Å². The molecule has 1 aromatic rings. The van der Waals surface area contributed by atoms with Gasteiger partial charge in [0.15, 0.2) is 0 Å². The molecule has 3 nitrogen and oxygen atoms in total. The minimum absolute atomic E-state index is 0.244. The van der Waals surface area contributed by atoms with Gasteiger partial charge < -0.3 is 15.2 Å². The predicted molar refractivity (Wildman–Crippen MR) is 62.6 cm³/mol. The van der Waals surface area contributed by atoms with Gasteiger partial charge in [-0.1, -0.05) is 15.9 Å². The fourth-order valence-corrected chi connectivity index (χ4v) is 2.23. The fourth-order valence-electron chi connectivity index (χ4n) is 1.82. The SMILES string of the molecule is COc1cc(Br)cc(OC)c1[C@@H]1C[C@H]1N. The molecule has 0 amide bonds. The minimum atomic E-state index is 0.244. The second-order valence-corrected chi connectivity index (χ2v) is 4.65. The zero-order chi connectivity index (χ0) is 11.0. The van der Waals surface area contributed by atoms with Crippen molar-refractivity contribution in [2.24, 2.45) is 5.73 Å². The summed E-state index contributed by atoms with van der Waals surface area (Å²) in [5.41, 5.74) is 6.95. The van der Waals surface area contributed by atoms with Crippen LogP contribution in [0.5, 0.6) is 11.5 Å². The zero-order valence-electron chi connectivity index (χ0n) is 8.79. The van der Waals surface area contributed by atoms with E-state index in [0.29, 0.717) is 5.92 Å². The van der Waals surface area contributed by atoms with E-state index in [1.54, 1.807) is 14.2 Å². The van der Waals surface area contributed by atoms with E-state index in [2.05, 4.69) is 15.9 Å². The number of hydrogen-bond donors (Lipinski definition) is 1. The molecule has 2 N–H and O–H groups in total. The molecule has 0 spiro atoms. The van der Waals surface area contributed by atoms with Crippen LogP contribution in [0.3, 0.4) is 0 Å². The van der Waals surface area contributed by atoms with Crippen LogP contribution in [0.1, 0.15) is 17.9 Å². The molecule has 0 heterocycles. The van der Waals surface area contributed by atoms with Crippen molar-refractivity contribution < 1.29 is 9.47 Å². The first-order chi connectivity index (χ1) is 7.17. The van der Waals surface area contributed by atoms with Crippen molar-refractivity contribution in [1.82, 2.24) is 0 Å². The highest BCUT2D eigenvalue weighted by Gasteiger charge is 2.39. The Morgan fingerprint density at radius 2 is 1.73 bits per heavy atom. The summed E-state index contributed by atoms with van der Waals surface area (Å²) in [5, 5.41) is 0. The first-order valence-corrected chi connectivity index (χ1v) is 5.63. The number of halogens is 1. The van der Waals surface area contributed by atoms with Gasteiger partial charge in [0.25, 0.3) is 0 Å². The van der Waals surface area contributed by atoms with E-state index in [-0.39, 0.29) is 6.04 Å². The first-order valence-electron chi connectivity index (χ1n) is 4.84. The Hall–Kier alpha value is -0.740. The Balaban J connectivity index is 2.48. The predicted octanol–water partition coefficient (Wildman–Crippen LogP) is 2.28. The molecular formula is C11H14BrNO2. The lowest BCUT2D eigenvalue weighted by atomic mass is 10.1. The highest BCUT2D eigenvalue weighted by atomic mass is 79.9. The van der Waals surface area contributed by atoms with Gasteiger partial charge in [0.2, 0.25) is 0 Å². The van der Waals surface area contributed by atoms with Gasteiger partial charge in [0, 0.05) is 22.0 Å². The molecule has 1 saturated carbocycles. The Morgan fingerprint density at radius 3 is 2.07 bits per heavy atom. The number of hydrogen-bond acceptors (Lipinski definition) is 3. The highest BCUT2D eigenvalue weighted by molar-refractivity contribution is 9.10. The van der Waals surface area contributed by atoms with Gasteiger partial charge in [0.05, 0.1) is 14.2 Å². The Morgan fingerprint density at radius 1 is 1.27 bits per heavy atom. The number of methoxy groups -OCH3 is 2. The maximum Gasteiger partial charge on any atom is 0.127 e. The molecule has 1 aromatic carbocycles. The van der Waals surface area contributed by atoms with Crippen LogP contribution in [0.4, 0.5) is 0 Å². The normalized spacial score (nSPS) is 23.7. The third-order valence-corrected chi connectivity index (χ3v) is 3.18. The summed E-state index contributed by atoms with van der Waals surface area (Å²) in [4.78, 5) is 0. The molecule has 1 fully saturated rings. The smallest absolute Gasteiger partial charge is 0.127 e. The highest BCUT2D eigenvalue weighted by Crippen LogP contribution is 2.48. The average molecular weight is 272 g/mol. The van der Waals surface area contributed by atoms with E-state index in [4.69, 9.17) is 15.2 Å². The van der Waals surface area contributed by atoms with E-state index in [0.717, 1.165) is 28.0 Å². The summed E-state index contributed by atoms with van der Waals surface area (Å²) >= 11 is 3.42. The second kappa shape index (κ2) is 4.02. The standard InChI is InChI=1S/C11H14BrNO2/c1-14-9-3-6(12)4-10(15-2)11(9)7-5-8(7)13/h3-4,7-8H,5,13H2,1-2H3/t7-,8-/m1/s1. The van der Waals surface area contributed by atoms with E-state index in [1.165, 1.54) is 0 Å². The van der Waals surface area contributed by atoms with Crippen LogP contribution in [0.25, 0.3) is 0 Å². The van der Waals surface area contributed by atoms with Crippen LogP contribution in [0.15, 0.2) is 16.6 Å². The van der Waals surface area contributed by atoms with Crippen LogP contribution in [0.2, 0.25) is 0 Å². The Kier molecular flexibility index (Phi) is 2.89. The molecular weight excluding hydrogens is 258 g/mol. The monoisotopic (exact) mass is 271 g/mol. The number of nitrogens with two attached hydrogens (primary N) is 1. The Bertz CT molecular complexity index is 356. The third kappa shape index (κ3) is 1.96. The molecule has 4 heteroatoms. The number of rotatable bonds is 3. The molecule has 2 atom stereocenters. The first kappa shape index (κ1) is 10.8. The van der Waals surface area contributed by atoms with Crippen molar-refractivity contribution >= 4 is 15.9 Å². The van der Waals surface area contributed by atoms with Crippen LogP contribution >= 0.6 is 15.9 Å². The molecule has 1 aliphatic carbocycles. The maximum atomic E-state index is 5.86. The minimum Gasteiger partial charge on any atom is -0.496 e. The fraction of sp³-hybridized carbons (Fsp3) is 0.455. The van der Waals surface area contributed by atoms with Crippen LogP contribution in [0, 0.1) is 0 Å². The summed E-state index contributed by atoms with van der Waals surface area (Å²) < 4.78 is 11.7. The van der Waals surface area contributed by atoms with Crippen molar-refractivity contribution in [2.75, 3.05) is 14.2 Å². The summed E-state index contributed by atoms with van der Waals surface area (Å²) in [6.07, 6.45) is 1.01. The molecule has 2 rings (SSSR count). The summed E-state index contributed by atoms with van der Waals surface area (Å²) in [5.74, 6) is 2.07. The van der Waals surface area contributed by atoms with Gasteiger partial charge in [-0.2, -0.15) is 0 Å². The molecule has 0 bridgehead atoms. The topological polar surface area (TPSA) is 44.5 Å². The van der Waals surface area contributed by atoms with Gasteiger partial charge in [-0.3, -0.25) is 0 Å². The third-order valence-electron chi connectivity index (χ3n) is 2.72. The zero-order valence-corrected chi connectivity index (χ0v) is 10.4. The van der Waals surface area contributed by atoms with Crippen molar-refractivity contribution in [2.45, 2.75) is 18.4 Å². The van der Waals surface area contributed by atoms with E-state index in [1.807, 2.05) is 12.1 Å². The summed E-state index contributed by atoms with van der Waals surface area (Å²) in [6, 6.07) is 4.14. The molecule has 0 radical (unpaired) electrons. The Labute approximate surface area is 97.7 Å². The number of benzene rings is 1. The lowest BCUT2D eigenvalue weighted by molar-refractivity contribution is 0.384. The van der Waals surface area contributed by atoms with Crippen LogP contribution in [-0.4, -0.2) is 20.3 Å². The van der Waals surface area contributed by atoms with Crippen LogP contribution in [-0.2, 0) is 0 Å². The number of ether oxygens (including phenoxy) is 2. The molecule has 82 valence electrons. The van der Waals surface area contributed by atoms with E-state index < -0.39 is 0 Å². The largest absolute Gasteiger partial charge is 0.496 e. The van der Waals surface area contributed by atoms with E-state index in [9.17, 15) is 0 Å². The lowest BCUT2D eigenvalue weighted by Crippen LogP contribution is -2.04. The average Bonchev–Trinajstić information content (AvgIpc) is 2.93. The van der Waals surface area contributed by atoms with Crippen molar-refractivity contribution in [3.05, 3.63) is 22.2 Å². The molecule has 0 aromatic heterocycles. The van der Waals surface area contributed by atoms with Gasteiger partial charge in [-0.05, 0) is 18.6 Å². The van der Waals surface area contributed by atoms with Crippen molar-refractivity contribution in [3.63, 3.8) is 0 Å². The van der Waals surface area contributed by atoms with Gasteiger partial charge >= 0.3 is 0 Å². The lowest BCUT2D eigenvalue weighted by Gasteiger charge is -2.13. The summed E-state index contributed by atoms with van der Waals surface area (Å²) in [6.45, 7) is 0. The maximum absolute atomic E-state index is 5.86. The summed E-state index contributed by atoms with van der Waals surface area (Å²) in [7, 11) is 3.33. The van der Waals surface area contributed by atoms with Crippen molar-refractivity contribution in [1.29, 1.82) is 0 Å². The van der Waals surface area contributed by atoms with Gasteiger partial charge in [-0.25, -0.2) is 0 Å². The quantitative estimate of drug-likeness (QED) is 0.918. The molecule has 15 heavy (non-hydrogen) atoms.